The molecule has 2 aromatic carbocycles. The highest BCUT2D eigenvalue weighted by molar-refractivity contribution is 7.94. The van der Waals surface area contributed by atoms with Gasteiger partial charge in [-0.15, -0.1) is 0 Å². The van der Waals surface area contributed by atoms with Gasteiger partial charge in [-0.1, -0.05) is 18.2 Å². The van der Waals surface area contributed by atoms with E-state index < -0.39 is 21.8 Å². The Bertz CT molecular complexity index is 985. The van der Waals surface area contributed by atoms with Crippen molar-refractivity contribution in [2.24, 2.45) is 0 Å². The van der Waals surface area contributed by atoms with E-state index in [1.54, 1.807) is 36.4 Å². The molecular weight excluding hydrogens is 368 g/mol. The zero-order chi connectivity index (χ0) is 19.6. The van der Waals surface area contributed by atoms with Crippen molar-refractivity contribution in [2.45, 2.75) is 26.4 Å². The molecule has 2 amide bonds. The molecule has 1 aliphatic heterocycles. The largest absolute Gasteiger partial charge is 0.489 e. The number of nitrogens with zero attached hydrogens (tertiary/aromatic N) is 1. The van der Waals surface area contributed by atoms with Crippen LogP contribution in [0.1, 0.15) is 30.6 Å². The quantitative estimate of drug-likeness (QED) is 0.850. The minimum atomic E-state index is -3.68. The molecule has 1 saturated heterocycles. The molecular formula is C19H20N2O5S. The first-order valence-corrected chi connectivity index (χ1v) is 10.1. The van der Waals surface area contributed by atoms with Crippen molar-refractivity contribution in [3.05, 3.63) is 54.1 Å². The number of carbonyl (C=O) groups excluding carboxylic acids is 2. The average molecular weight is 388 g/mol. The van der Waals surface area contributed by atoms with Gasteiger partial charge in [0.1, 0.15) is 5.75 Å². The van der Waals surface area contributed by atoms with Gasteiger partial charge in [0.25, 0.3) is 5.91 Å². The van der Waals surface area contributed by atoms with E-state index in [-0.39, 0.29) is 29.5 Å². The van der Waals surface area contributed by atoms with Crippen molar-refractivity contribution in [3.8, 4) is 5.75 Å². The highest BCUT2D eigenvalue weighted by Crippen LogP contribution is 2.28. The van der Waals surface area contributed by atoms with Crippen molar-refractivity contribution < 1.29 is 22.7 Å². The monoisotopic (exact) mass is 388 g/mol. The van der Waals surface area contributed by atoms with Crippen LogP contribution in [0.5, 0.6) is 5.75 Å². The SMILES string of the molecule is CC(C)Oc1ccccc1NC(=O)c1cccc(N2C(=O)CCS2(=O)=O)c1. The lowest BCUT2D eigenvalue weighted by Gasteiger charge is -2.17. The van der Waals surface area contributed by atoms with Gasteiger partial charge in [0, 0.05) is 12.0 Å². The van der Waals surface area contributed by atoms with Crippen LogP contribution in [0.4, 0.5) is 11.4 Å². The van der Waals surface area contributed by atoms with E-state index in [2.05, 4.69) is 5.32 Å². The fourth-order valence-corrected chi connectivity index (χ4v) is 4.21. The summed E-state index contributed by atoms with van der Waals surface area (Å²) in [6, 6.07) is 13.0. The highest BCUT2D eigenvalue weighted by Gasteiger charge is 2.36. The predicted octanol–water partition coefficient (Wildman–Crippen LogP) is 2.79. The number of anilines is 2. The van der Waals surface area contributed by atoms with E-state index in [1.165, 1.54) is 12.1 Å². The van der Waals surface area contributed by atoms with Crippen LogP contribution in [0, 0.1) is 0 Å². The number of hydrogen-bond acceptors (Lipinski definition) is 5. The number of benzene rings is 2. The number of nitrogens with one attached hydrogen (secondary N) is 1. The smallest absolute Gasteiger partial charge is 0.255 e. The fourth-order valence-electron chi connectivity index (χ4n) is 2.76. The lowest BCUT2D eigenvalue weighted by atomic mass is 10.1. The van der Waals surface area contributed by atoms with Crippen molar-refractivity contribution in [1.82, 2.24) is 0 Å². The molecule has 0 bridgehead atoms. The summed E-state index contributed by atoms with van der Waals surface area (Å²) in [4.78, 5) is 24.6. The third-order valence-electron chi connectivity index (χ3n) is 3.92. The summed E-state index contributed by atoms with van der Waals surface area (Å²) in [5.74, 6) is -0.611. The molecule has 3 rings (SSSR count). The van der Waals surface area contributed by atoms with Gasteiger partial charge in [-0.25, -0.2) is 12.7 Å². The third-order valence-corrected chi connectivity index (χ3v) is 5.61. The Morgan fingerprint density at radius 3 is 2.56 bits per heavy atom. The van der Waals surface area contributed by atoms with Gasteiger partial charge >= 0.3 is 0 Å². The van der Waals surface area contributed by atoms with Gasteiger partial charge in [0.2, 0.25) is 15.9 Å². The molecule has 0 aromatic heterocycles. The van der Waals surface area contributed by atoms with Gasteiger partial charge in [0.15, 0.2) is 0 Å². The number of ether oxygens (including phenoxy) is 1. The van der Waals surface area contributed by atoms with Crippen molar-refractivity contribution in [2.75, 3.05) is 15.4 Å². The van der Waals surface area contributed by atoms with Crippen LogP contribution < -0.4 is 14.4 Å². The average Bonchev–Trinajstić information content (AvgIpc) is 2.89. The molecule has 0 atom stereocenters. The van der Waals surface area contributed by atoms with Crippen LogP contribution in [0.3, 0.4) is 0 Å². The summed E-state index contributed by atoms with van der Waals surface area (Å²) >= 11 is 0. The minimum absolute atomic E-state index is 0.0569. The molecule has 142 valence electrons. The maximum absolute atomic E-state index is 12.6. The normalized spacial score (nSPS) is 15.8. The summed E-state index contributed by atoms with van der Waals surface area (Å²) in [5, 5.41) is 2.77. The molecule has 1 N–H and O–H groups in total. The molecule has 1 aliphatic rings. The van der Waals surface area contributed by atoms with Crippen LogP contribution >= 0.6 is 0 Å². The Kier molecular flexibility index (Phi) is 5.18. The Labute approximate surface area is 158 Å². The summed E-state index contributed by atoms with van der Waals surface area (Å²) < 4.78 is 30.6. The molecule has 0 aliphatic carbocycles. The predicted molar refractivity (Wildman–Crippen MR) is 102 cm³/mol. The summed E-state index contributed by atoms with van der Waals surface area (Å²) in [7, 11) is -3.68. The van der Waals surface area contributed by atoms with E-state index >= 15 is 0 Å². The maximum Gasteiger partial charge on any atom is 0.255 e. The van der Waals surface area contributed by atoms with E-state index in [1.807, 2.05) is 13.8 Å². The zero-order valence-corrected chi connectivity index (χ0v) is 15.8. The third kappa shape index (κ3) is 4.11. The lowest BCUT2D eigenvalue weighted by Crippen LogP contribution is -2.29. The lowest BCUT2D eigenvalue weighted by molar-refractivity contribution is -0.116. The number of rotatable bonds is 5. The molecule has 1 heterocycles. The van der Waals surface area contributed by atoms with Crippen LogP contribution in [0.2, 0.25) is 0 Å². The Morgan fingerprint density at radius 1 is 1.15 bits per heavy atom. The van der Waals surface area contributed by atoms with E-state index in [9.17, 15) is 18.0 Å². The summed E-state index contributed by atoms with van der Waals surface area (Å²) in [6.07, 6.45) is -0.114. The Morgan fingerprint density at radius 2 is 1.89 bits per heavy atom. The van der Waals surface area contributed by atoms with Crippen LogP contribution in [-0.2, 0) is 14.8 Å². The van der Waals surface area contributed by atoms with E-state index in [4.69, 9.17) is 4.74 Å². The maximum atomic E-state index is 12.6. The van der Waals surface area contributed by atoms with Gasteiger partial charge in [-0.2, -0.15) is 0 Å². The van der Waals surface area contributed by atoms with E-state index in [0.717, 1.165) is 4.31 Å². The van der Waals surface area contributed by atoms with Gasteiger partial charge in [-0.3, -0.25) is 9.59 Å². The highest BCUT2D eigenvalue weighted by atomic mass is 32.2. The van der Waals surface area contributed by atoms with Crippen molar-refractivity contribution in [1.29, 1.82) is 0 Å². The molecule has 1 fully saturated rings. The second kappa shape index (κ2) is 7.40. The Hall–Kier alpha value is -2.87. The van der Waals surface area contributed by atoms with Crippen LogP contribution in [-0.4, -0.2) is 32.1 Å². The second-order valence-electron chi connectivity index (χ2n) is 6.39. The molecule has 27 heavy (non-hydrogen) atoms. The molecule has 2 aromatic rings. The minimum Gasteiger partial charge on any atom is -0.489 e. The Balaban J connectivity index is 1.86. The number of hydrogen-bond donors (Lipinski definition) is 1. The summed E-state index contributed by atoms with van der Waals surface area (Å²) in [5.41, 5.74) is 0.907. The van der Waals surface area contributed by atoms with Crippen LogP contribution in [0.25, 0.3) is 0 Å². The fraction of sp³-hybridized carbons (Fsp3) is 0.263. The molecule has 7 nitrogen and oxygen atoms in total. The first-order valence-electron chi connectivity index (χ1n) is 8.51. The van der Waals surface area contributed by atoms with Crippen molar-refractivity contribution in [3.63, 3.8) is 0 Å². The standard InChI is InChI=1S/C19H20N2O5S/c1-13(2)26-17-9-4-3-8-16(17)20-19(23)14-6-5-7-15(12-14)21-18(22)10-11-27(21,24)25/h3-9,12-13H,10-11H2,1-2H3,(H,20,23). The first kappa shape index (κ1) is 18.9. The number of amides is 2. The van der Waals surface area contributed by atoms with E-state index in [0.29, 0.717) is 11.4 Å². The van der Waals surface area contributed by atoms with Gasteiger partial charge in [0.05, 0.1) is 23.2 Å². The summed E-state index contributed by atoms with van der Waals surface area (Å²) in [6.45, 7) is 3.77. The topological polar surface area (TPSA) is 92.8 Å². The van der Waals surface area contributed by atoms with Crippen LogP contribution in [0.15, 0.2) is 48.5 Å². The van der Waals surface area contributed by atoms with Gasteiger partial charge < -0.3 is 10.1 Å². The number of sulfonamides is 1. The molecule has 0 spiro atoms. The molecule has 0 radical (unpaired) electrons. The number of carbonyl (C=O) groups is 2. The molecule has 8 heteroatoms. The molecule has 0 unspecified atom stereocenters. The first-order chi connectivity index (χ1) is 12.8. The van der Waals surface area contributed by atoms with Gasteiger partial charge in [-0.05, 0) is 44.2 Å². The zero-order valence-electron chi connectivity index (χ0n) is 15.0. The molecule has 0 saturated carbocycles. The van der Waals surface area contributed by atoms with Crippen molar-refractivity contribution >= 4 is 33.2 Å². The second-order valence-corrected chi connectivity index (χ2v) is 8.33. The number of para-hydroxylation sites is 2.